The minimum absolute atomic E-state index is 0.102. The molecule has 0 radical (unpaired) electrons. The maximum absolute atomic E-state index is 12.6. The molecule has 0 aliphatic heterocycles. The van der Waals surface area contributed by atoms with Crippen molar-refractivity contribution in [1.82, 2.24) is 0 Å². The Hall–Kier alpha value is -3.58. The number of rotatable bonds is 7. The summed E-state index contributed by atoms with van der Waals surface area (Å²) >= 11 is 6.04. The standard InChI is InChI=1S/C22H19ClN2O5/c1-14-10-19(7-8-20(14)23)30-13-16-11-15(6-9-21(16)29-2)22(26)24-17-4-3-5-18(12-17)25(27)28/h3-12H,13H2,1-2H3,(H,24,26). The molecule has 0 heterocycles. The molecule has 7 nitrogen and oxygen atoms in total. The van der Waals surface area contributed by atoms with Gasteiger partial charge in [0.2, 0.25) is 0 Å². The van der Waals surface area contributed by atoms with Gasteiger partial charge in [0.05, 0.1) is 12.0 Å². The number of nitrogens with zero attached hydrogens (tertiary/aromatic N) is 1. The zero-order valence-corrected chi connectivity index (χ0v) is 17.1. The third kappa shape index (κ3) is 5.07. The molecule has 0 aromatic heterocycles. The van der Waals surface area contributed by atoms with E-state index >= 15 is 0 Å². The van der Waals surface area contributed by atoms with E-state index in [-0.39, 0.29) is 12.3 Å². The number of ether oxygens (including phenoxy) is 2. The maximum Gasteiger partial charge on any atom is 0.271 e. The van der Waals surface area contributed by atoms with E-state index in [0.717, 1.165) is 5.56 Å². The highest BCUT2D eigenvalue weighted by Crippen LogP contribution is 2.25. The summed E-state index contributed by atoms with van der Waals surface area (Å²) in [5, 5.41) is 14.2. The number of hydrogen-bond acceptors (Lipinski definition) is 5. The first-order chi connectivity index (χ1) is 14.4. The Kier molecular flexibility index (Phi) is 6.54. The molecule has 30 heavy (non-hydrogen) atoms. The number of non-ortho nitro benzene ring substituents is 1. The van der Waals surface area contributed by atoms with Gasteiger partial charge < -0.3 is 14.8 Å². The summed E-state index contributed by atoms with van der Waals surface area (Å²) in [7, 11) is 1.54. The Labute approximate surface area is 178 Å². The summed E-state index contributed by atoms with van der Waals surface area (Å²) < 4.78 is 11.2. The summed E-state index contributed by atoms with van der Waals surface area (Å²) in [6.45, 7) is 2.07. The predicted octanol–water partition coefficient (Wildman–Crippen LogP) is 5.40. The highest BCUT2D eigenvalue weighted by atomic mass is 35.5. The van der Waals surface area contributed by atoms with Crippen molar-refractivity contribution in [3.63, 3.8) is 0 Å². The van der Waals surface area contributed by atoms with E-state index in [1.54, 1.807) is 36.4 Å². The Morgan fingerprint density at radius 1 is 1.13 bits per heavy atom. The van der Waals surface area contributed by atoms with Gasteiger partial charge in [0.15, 0.2) is 0 Å². The van der Waals surface area contributed by atoms with Gasteiger partial charge in [-0.15, -0.1) is 0 Å². The van der Waals surface area contributed by atoms with Crippen molar-refractivity contribution in [3.05, 3.63) is 92.5 Å². The van der Waals surface area contributed by atoms with Crippen LogP contribution in [0.15, 0.2) is 60.7 Å². The number of anilines is 1. The van der Waals surface area contributed by atoms with Crippen LogP contribution in [0, 0.1) is 17.0 Å². The van der Waals surface area contributed by atoms with Crippen LogP contribution >= 0.6 is 11.6 Å². The van der Waals surface area contributed by atoms with E-state index in [1.807, 2.05) is 13.0 Å². The van der Waals surface area contributed by atoms with Gasteiger partial charge in [0.1, 0.15) is 18.1 Å². The number of nitrogens with one attached hydrogen (secondary N) is 1. The van der Waals surface area contributed by atoms with Crippen LogP contribution in [-0.4, -0.2) is 17.9 Å². The number of aryl methyl sites for hydroxylation is 1. The topological polar surface area (TPSA) is 90.7 Å². The number of amides is 1. The summed E-state index contributed by atoms with van der Waals surface area (Å²) in [6, 6.07) is 16.0. The minimum atomic E-state index is -0.517. The van der Waals surface area contributed by atoms with Crippen molar-refractivity contribution in [2.75, 3.05) is 12.4 Å². The summed E-state index contributed by atoms with van der Waals surface area (Å²) in [6.07, 6.45) is 0. The summed E-state index contributed by atoms with van der Waals surface area (Å²) in [4.78, 5) is 23.0. The van der Waals surface area contributed by atoms with Gasteiger partial charge in [-0.2, -0.15) is 0 Å². The van der Waals surface area contributed by atoms with Crippen LogP contribution in [0.25, 0.3) is 0 Å². The Morgan fingerprint density at radius 3 is 2.63 bits per heavy atom. The lowest BCUT2D eigenvalue weighted by molar-refractivity contribution is -0.384. The second-order valence-corrected chi connectivity index (χ2v) is 6.90. The average Bonchev–Trinajstić information content (AvgIpc) is 2.74. The first-order valence-electron chi connectivity index (χ1n) is 8.99. The predicted molar refractivity (Wildman–Crippen MR) is 115 cm³/mol. The second kappa shape index (κ2) is 9.28. The molecule has 0 fully saturated rings. The first kappa shape index (κ1) is 21.1. The third-order valence-corrected chi connectivity index (χ3v) is 4.81. The average molecular weight is 427 g/mol. The van der Waals surface area contributed by atoms with Crippen molar-refractivity contribution >= 4 is 28.9 Å². The van der Waals surface area contributed by atoms with E-state index in [9.17, 15) is 14.9 Å². The SMILES string of the molecule is COc1ccc(C(=O)Nc2cccc([N+](=O)[O-])c2)cc1COc1ccc(Cl)c(C)c1. The smallest absolute Gasteiger partial charge is 0.271 e. The first-order valence-corrected chi connectivity index (χ1v) is 9.37. The molecule has 0 bridgehead atoms. The number of methoxy groups -OCH3 is 1. The lowest BCUT2D eigenvalue weighted by atomic mass is 10.1. The lowest BCUT2D eigenvalue weighted by Gasteiger charge is -2.13. The molecule has 0 atom stereocenters. The molecule has 3 aromatic rings. The normalized spacial score (nSPS) is 10.4. The molecule has 0 saturated heterocycles. The number of carbonyl (C=O) groups excluding carboxylic acids is 1. The molecule has 3 aromatic carbocycles. The quantitative estimate of drug-likeness (QED) is 0.403. The van der Waals surface area contributed by atoms with Crippen LogP contribution in [0.1, 0.15) is 21.5 Å². The highest BCUT2D eigenvalue weighted by Gasteiger charge is 2.13. The van der Waals surface area contributed by atoms with E-state index in [4.69, 9.17) is 21.1 Å². The van der Waals surface area contributed by atoms with Crippen LogP contribution in [-0.2, 0) is 6.61 Å². The van der Waals surface area contributed by atoms with Gasteiger partial charge in [-0.25, -0.2) is 0 Å². The van der Waals surface area contributed by atoms with Gasteiger partial charge in [-0.05, 0) is 55.0 Å². The molecule has 0 spiro atoms. The van der Waals surface area contributed by atoms with Crippen molar-refractivity contribution < 1.29 is 19.2 Å². The molecule has 0 aliphatic rings. The third-order valence-electron chi connectivity index (χ3n) is 4.38. The van der Waals surface area contributed by atoms with E-state index in [0.29, 0.717) is 33.3 Å². The monoisotopic (exact) mass is 426 g/mol. The second-order valence-electron chi connectivity index (χ2n) is 6.49. The van der Waals surface area contributed by atoms with Crippen LogP contribution in [0.4, 0.5) is 11.4 Å². The van der Waals surface area contributed by atoms with Gasteiger partial charge >= 0.3 is 0 Å². The molecule has 0 unspecified atom stereocenters. The molecule has 1 amide bonds. The van der Waals surface area contributed by atoms with Crippen molar-refractivity contribution in [1.29, 1.82) is 0 Å². The zero-order chi connectivity index (χ0) is 21.7. The zero-order valence-electron chi connectivity index (χ0n) is 16.3. The Balaban J connectivity index is 1.77. The van der Waals surface area contributed by atoms with Crippen LogP contribution in [0.5, 0.6) is 11.5 Å². The molecule has 3 rings (SSSR count). The van der Waals surface area contributed by atoms with Gasteiger partial charge in [0, 0.05) is 34.0 Å². The molecular weight excluding hydrogens is 408 g/mol. The number of carbonyl (C=O) groups is 1. The Bertz CT molecular complexity index is 1100. The number of nitro groups is 1. The summed E-state index contributed by atoms with van der Waals surface area (Å²) in [5.41, 5.74) is 2.17. The maximum atomic E-state index is 12.6. The number of halogens is 1. The Morgan fingerprint density at radius 2 is 1.93 bits per heavy atom. The number of hydrogen-bond donors (Lipinski definition) is 1. The fraction of sp³-hybridized carbons (Fsp3) is 0.136. The van der Waals surface area contributed by atoms with E-state index in [2.05, 4.69) is 5.32 Å². The highest BCUT2D eigenvalue weighted by molar-refractivity contribution is 6.31. The molecule has 0 saturated carbocycles. The molecule has 8 heteroatoms. The molecule has 154 valence electrons. The summed E-state index contributed by atoms with van der Waals surface area (Å²) in [5.74, 6) is 0.819. The lowest BCUT2D eigenvalue weighted by Crippen LogP contribution is -2.13. The molecule has 0 aliphatic carbocycles. The van der Waals surface area contributed by atoms with Crippen LogP contribution < -0.4 is 14.8 Å². The van der Waals surface area contributed by atoms with Crippen LogP contribution in [0.2, 0.25) is 5.02 Å². The minimum Gasteiger partial charge on any atom is -0.496 e. The van der Waals surface area contributed by atoms with Gasteiger partial charge in [0.25, 0.3) is 11.6 Å². The van der Waals surface area contributed by atoms with E-state index < -0.39 is 10.8 Å². The fourth-order valence-corrected chi connectivity index (χ4v) is 2.92. The largest absolute Gasteiger partial charge is 0.496 e. The number of benzene rings is 3. The fourth-order valence-electron chi connectivity index (χ4n) is 2.80. The van der Waals surface area contributed by atoms with Gasteiger partial charge in [-0.3, -0.25) is 14.9 Å². The molecule has 1 N–H and O–H groups in total. The molecular formula is C22H19ClN2O5. The van der Waals surface area contributed by atoms with E-state index in [1.165, 1.54) is 25.3 Å². The van der Waals surface area contributed by atoms with Gasteiger partial charge in [-0.1, -0.05) is 17.7 Å². The number of nitro benzene ring substituents is 1. The van der Waals surface area contributed by atoms with Crippen molar-refractivity contribution in [2.24, 2.45) is 0 Å². The van der Waals surface area contributed by atoms with Crippen LogP contribution in [0.3, 0.4) is 0 Å². The van der Waals surface area contributed by atoms with Crippen molar-refractivity contribution in [3.8, 4) is 11.5 Å². The van der Waals surface area contributed by atoms with Crippen molar-refractivity contribution in [2.45, 2.75) is 13.5 Å².